The molecule has 0 atom stereocenters. The number of benzene rings is 3. The zero-order valence-corrected chi connectivity index (χ0v) is 21.5. The summed E-state index contributed by atoms with van der Waals surface area (Å²) in [7, 11) is 0. The first kappa shape index (κ1) is 25.2. The van der Waals surface area contributed by atoms with Gasteiger partial charge in [0.1, 0.15) is 11.5 Å². The lowest BCUT2D eigenvalue weighted by Crippen LogP contribution is -2.37. The second kappa shape index (κ2) is 11.2. The number of hydrogen-bond acceptors (Lipinski definition) is 4. The van der Waals surface area contributed by atoms with E-state index in [1.54, 1.807) is 36.4 Å². The van der Waals surface area contributed by atoms with E-state index in [4.69, 9.17) is 0 Å². The van der Waals surface area contributed by atoms with E-state index in [0.717, 1.165) is 17.7 Å². The molecular formula is C26H22Br2ClNO3. The number of rotatable bonds is 4. The number of likely N-dealkylation sites (tertiary alicyclic amines) is 1. The smallest absolute Gasteiger partial charge is 0.187 e. The van der Waals surface area contributed by atoms with Gasteiger partial charge in [-0.1, -0.05) is 42.5 Å². The molecule has 0 radical (unpaired) electrons. The Morgan fingerprint density at radius 2 is 1.27 bits per heavy atom. The lowest BCUT2D eigenvalue weighted by atomic mass is 9.94. The van der Waals surface area contributed by atoms with Crippen LogP contribution in [0.15, 0.2) is 86.8 Å². The first-order valence-corrected chi connectivity index (χ1v) is 11.7. The Morgan fingerprint density at radius 1 is 0.788 bits per heavy atom. The molecule has 3 aromatic rings. The van der Waals surface area contributed by atoms with Gasteiger partial charge in [-0.05, 0) is 85.0 Å². The molecule has 0 aromatic heterocycles. The standard InChI is InChI=1S/C26H21Br2NO3.ClH/c27-22-12-18(6-8-24(22)30)10-20-15-29(14-17-4-2-1-3-5-17)16-21(26(20)32)11-19-7-9-25(31)23(28)13-19;/h1-13,30-31H,14-16H2;1H/b20-10+,21-11+;. The summed E-state index contributed by atoms with van der Waals surface area (Å²) in [5, 5.41) is 19.6. The van der Waals surface area contributed by atoms with E-state index in [1.807, 2.05) is 30.4 Å². The normalized spacial score (nSPS) is 16.7. The van der Waals surface area contributed by atoms with E-state index in [2.05, 4.69) is 48.9 Å². The van der Waals surface area contributed by atoms with Crippen LogP contribution in [0.25, 0.3) is 12.2 Å². The Labute approximate surface area is 215 Å². The van der Waals surface area contributed by atoms with Crippen molar-refractivity contribution in [1.82, 2.24) is 4.90 Å². The van der Waals surface area contributed by atoms with E-state index >= 15 is 0 Å². The van der Waals surface area contributed by atoms with E-state index in [9.17, 15) is 15.0 Å². The molecule has 1 saturated heterocycles. The monoisotopic (exact) mass is 589 g/mol. The number of nitrogens with zero attached hydrogens (tertiary/aromatic N) is 1. The predicted octanol–water partition coefficient (Wildman–Crippen LogP) is 6.60. The molecule has 170 valence electrons. The maximum Gasteiger partial charge on any atom is 0.187 e. The van der Waals surface area contributed by atoms with Gasteiger partial charge in [0.25, 0.3) is 0 Å². The summed E-state index contributed by atoms with van der Waals surface area (Å²) in [6, 6.07) is 20.6. The summed E-state index contributed by atoms with van der Waals surface area (Å²) in [5.41, 5.74) is 4.24. The van der Waals surface area contributed by atoms with Gasteiger partial charge in [-0.2, -0.15) is 0 Å². The molecule has 33 heavy (non-hydrogen) atoms. The maximum absolute atomic E-state index is 13.4. The van der Waals surface area contributed by atoms with Crippen molar-refractivity contribution in [3.8, 4) is 11.5 Å². The molecule has 4 rings (SSSR count). The molecule has 1 aliphatic rings. The van der Waals surface area contributed by atoms with Crippen molar-refractivity contribution in [3.63, 3.8) is 0 Å². The van der Waals surface area contributed by atoms with E-state index in [0.29, 0.717) is 33.2 Å². The van der Waals surface area contributed by atoms with Crippen LogP contribution >= 0.6 is 44.3 Å². The molecule has 0 amide bonds. The number of ketones is 1. The molecule has 3 aromatic carbocycles. The number of piperidine rings is 1. The van der Waals surface area contributed by atoms with Crippen molar-refractivity contribution >= 4 is 62.2 Å². The first-order chi connectivity index (χ1) is 15.4. The van der Waals surface area contributed by atoms with Gasteiger partial charge in [0.05, 0.1) is 8.95 Å². The summed E-state index contributed by atoms with van der Waals surface area (Å²) < 4.78 is 1.17. The Kier molecular flexibility index (Phi) is 8.54. The first-order valence-electron chi connectivity index (χ1n) is 10.1. The van der Waals surface area contributed by atoms with Crippen LogP contribution in [0.4, 0.5) is 0 Å². The number of Topliss-reactive ketones (excluding diaryl/α,β-unsaturated/α-hetero) is 1. The largest absolute Gasteiger partial charge is 0.507 e. The van der Waals surface area contributed by atoms with E-state index in [1.165, 1.54) is 5.56 Å². The number of halogens is 3. The van der Waals surface area contributed by atoms with E-state index in [-0.39, 0.29) is 29.7 Å². The Morgan fingerprint density at radius 3 is 1.73 bits per heavy atom. The zero-order valence-electron chi connectivity index (χ0n) is 17.5. The van der Waals surface area contributed by atoms with Crippen LogP contribution in [0.1, 0.15) is 16.7 Å². The van der Waals surface area contributed by atoms with Gasteiger partial charge < -0.3 is 10.2 Å². The summed E-state index contributed by atoms with van der Waals surface area (Å²) in [6.45, 7) is 1.78. The quantitative estimate of drug-likeness (QED) is 0.336. The van der Waals surface area contributed by atoms with Gasteiger partial charge in [-0.15, -0.1) is 12.4 Å². The predicted molar refractivity (Wildman–Crippen MR) is 142 cm³/mol. The fraction of sp³-hybridized carbons (Fsp3) is 0.115. The number of aromatic hydroxyl groups is 2. The van der Waals surface area contributed by atoms with Crippen molar-refractivity contribution in [3.05, 3.63) is 104 Å². The average Bonchev–Trinajstić information content (AvgIpc) is 2.77. The van der Waals surface area contributed by atoms with Crippen molar-refractivity contribution in [2.24, 2.45) is 0 Å². The minimum Gasteiger partial charge on any atom is -0.507 e. The molecule has 7 heteroatoms. The van der Waals surface area contributed by atoms with Crippen LogP contribution in [0, 0.1) is 0 Å². The lowest BCUT2D eigenvalue weighted by Gasteiger charge is -2.30. The van der Waals surface area contributed by atoms with Crippen LogP contribution in [0.5, 0.6) is 11.5 Å². The third kappa shape index (κ3) is 6.36. The number of phenols is 2. The molecule has 0 aliphatic carbocycles. The Hall–Kier alpha value is -2.38. The van der Waals surface area contributed by atoms with Gasteiger partial charge in [-0.3, -0.25) is 9.69 Å². The molecule has 1 heterocycles. The zero-order chi connectivity index (χ0) is 22.7. The molecule has 0 spiro atoms. The van der Waals surface area contributed by atoms with Gasteiger partial charge in [0.15, 0.2) is 5.78 Å². The van der Waals surface area contributed by atoms with Crippen molar-refractivity contribution in [2.75, 3.05) is 13.1 Å². The number of carbonyl (C=O) groups is 1. The Bertz CT molecular complexity index is 1150. The summed E-state index contributed by atoms with van der Waals surface area (Å²) >= 11 is 6.68. The van der Waals surface area contributed by atoms with Crippen LogP contribution in [-0.4, -0.2) is 34.0 Å². The van der Waals surface area contributed by atoms with Crippen molar-refractivity contribution in [1.29, 1.82) is 0 Å². The summed E-state index contributed by atoms with van der Waals surface area (Å²) in [4.78, 5) is 15.6. The number of hydrogen-bond donors (Lipinski definition) is 2. The number of carbonyl (C=O) groups excluding carboxylic acids is 1. The highest BCUT2D eigenvalue weighted by Gasteiger charge is 2.26. The molecule has 0 saturated carbocycles. The van der Waals surface area contributed by atoms with E-state index < -0.39 is 0 Å². The highest BCUT2D eigenvalue weighted by atomic mass is 79.9. The molecule has 1 aliphatic heterocycles. The third-order valence-electron chi connectivity index (χ3n) is 5.25. The second-order valence-electron chi connectivity index (χ2n) is 7.72. The molecule has 2 N–H and O–H groups in total. The molecule has 0 bridgehead atoms. The topological polar surface area (TPSA) is 60.8 Å². The highest BCUT2D eigenvalue weighted by Crippen LogP contribution is 2.29. The molecule has 1 fully saturated rings. The maximum atomic E-state index is 13.4. The third-order valence-corrected chi connectivity index (χ3v) is 6.52. The van der Waals surface area contributed by atoms with Gasteiger partial charge in [-0.25, -0.2) is 0 Å². The minimum absolute atomic E-state index is 0. The van der Waals surface area contributed by atoms with Crippen LogP contribution in [-0.2, 0) is 11.3 Å². The fourth-order valence-electron chi connectivity index (χ4n) is 3.69. The van der Waals surface area contributed by atoms with Crippen LogP contribution in [0.2, 0.25) is 0 Å². The molecular weight excluding hydrogens is 570 g/mol. The number of phenolic OH excluding ortho intramolecular Hbond substituents is 2. The average molecular weight is 592 g/mol. The minimum atomic E-state index is 0. The van der Waals surface area contributed by atoms with Gasteiger partial charge in [0, 0.05) is 30.8 Å². The highest BCUT2D eigenvalue weighted by molar-refractivity contribution is 9.10. The molecule has 0 unspecified atom stereocenters. The molecule has 4 nitrogen and oxygen atoms in total. The second-order valence-corrected chi connectivity index (χ2v) is 9.43. The van der Waals surface area contributed by atoms with Crippen molar-refractivity contribution in [2.45, 2.75) is 6.54 Å². The lowest BCUT2D eigenvalue weighted by molar-refractivity contribution is -0.113. The summed E-state index contributed by atoms with van der Waals surface area (Å²) in [6.07, 6.45) is 3.76. The summed E-state index contributed by atoms with van der Waals surface area (Å²) in [5.74, 6) is 0.320. The fourth-order valence-corrected chi connectivity index (χ4v) is 4.48. The van der Waals surface area contributed by atoms with Gasteiger partial charge in [0.2, 0.25) is 0 Å². The van der Waals surface area contributed by atoms with Crippen LogP contribution in [0.3, 0.4) is 0 Å². The van der Waals surface area contributed by atoms with Crippen molar-refractivity contribution < 1.29 is 15.0 Å². The SMILES string of the molecule is Cl.O=C1/C(=C/c2ccc(O)c(Br)c2)CN(Cc2ccccc2)C/C1=C\c1ccc(O)c(Br)c1. The van der Waals surface area contributed by atoms with Crippen LogP contribution < -0.4 is 0 Å². The van der Waals surface area contributed by atoms with Gasteiger partial charge >= 0.3 is 0 Å². The Balaban J connectivity index is 0.00000306.